The molecule has 20 heavy (non-hydrogen) atoms. The van der Waals surface area contributed by atoms with Crippen LogP contribution in [0.1, 0.15) is 17.7 Å². The molecule has 0 radical (unpaired) electrons. The maximum Gasteiger partial charge on any atom is 0.144 e. The number of imidazole rings is 1. The zero-order chi connectivity index (χ0) is 13.9. The zero-order valence-corrected chi connectivity index (χ0v) is 11.7. The monoisotopic (exact) mass is 265 g/mol. The average Bonchev–Trinajstić information content (AvgIpc) is 2.84. The lowest BCUT2D eigenvalue weighted by molar-refractivity contribution is 0.820. The van der Waals surface area contributed by atoms with E-state index in [0.717, 1.165) is 29.9 Å². The first kappa shape index (κ1) is 12.9. The summed E-state index contributed by atoms with van der Waals surface area (Å²) >= 11 is 0. The highest BCUT2D eigenvalue weighted by molar-refractivity contribution is 5.66. The van der Waals surface area contributed by atoms with Crippen LogP contribution in [-0.2, 0) is 6.42 Å². The van der Waals surface area contributed by atoms with E-state index >= 15 is 0 Å². The summed E-state index contributed by atoms with van der Waals surface area (Å²) in [6.45, 7) is 2.81. The van der Waals surface area contributed by atoms with Gasteiger partial charge in [0.2, 0.25) is 0 Å². The quantitative estimate of drug-likeness (QED) is 0.787. The zero-order valence-electron chi connectivity index (χ0n) is 11.7. The van der Waals surface area contributed by atoms with E-state index in [1.807, 2.05) is 6.07 Å². The average molecular weight is 265 g/mol. The van der Waals surface area contributed by atoms with Gasteiger partial charge in [0.25, 0.3) is 0 Å². The van der Waals surface area contributed by atoms with Crippen molar-refractivity contribution in [1.29, 1.82) is 0 Å². The third kappa shape index (κ3) is 2.32. The Kier molecular flexibility index (Phi) is 3.52. The Hall–Kier alpha value is -2.13. The predicted molar refractivity (Wildman–Crippen MR) is 82.7 cm³/mol. The molecule has 0 saturated heterocycles. The van der Waals surface area contributed by atoms with E-state index < -0.39 is 0 Å². The van der Waals surface area contributed by atoms with Gasteiger partial charge in [-0.05, 0) is 44.5 Å². The first-order valence-electron chi connectivity index (χ1n) is 7.02. The van der Waals surface area contributed by atoms with Gasteiger partial charge in [-0.2, -0.15) is 0 Å². The van der Waals surface area contributed by atoms with E-state index in [1.165, 1.54) is 11.1 Å². The van der Waals surface area contributed by atoms with E-state index in [9.17, 15) is 0 Å². The van der Waals surface area contributed by atoms with Crippen LogP contribution in [0.2, 0.25) is 0 Å². The summed E-state index contributed by atoms with van der Waals surface area (Å²) in [5, 5.41) is 0. The minimum absolute atomic E-state index is 0.700. The van der Waals surface area contributed by atoms with Crippen molar-refractivity contribution < 1.29 is 0 Å². The summed E-state index contributed by atoms with van der Waals surface area (Å²) in [6.07, 6.45) is 3.97. The summed E-state index contributed by atoms with van der Waals surface area (Å²) in [5.74, 6) is 1.01. The lowest BCUT2D eigenvalue weighted by Crippen LogP contribution is -2.00. The molecule has 0 amide bonds. The molecule has 2 N–H and O–H groups in total. The van der Waals surface area contributed by atoms with Gasteiger partial charge in [-0.3, -0.25) is 4.40 Å². The third-order valence-corrected chi connectivity index (χ3v) is 3.52. The molecule has 3 nitrogen and oxygen atoms in total. The molecule has 102 valence electrons. The lowest BCUT2D eigenvalue weighted by atomic mass is 10.1. The Labute approximate surface area is 119 Å². The second kappa shape index (κ2) is 5.47. The van der Waals surface area contributed by atoms with Crippen LogP contribution < -0.4 is 5.73 Å². The van der Waals surface area contributed by atoms with Crippen molar-refractivity contribution in [2.24, 2.45) is 5.73 Å². The van der Waals surface area contributed by atoms with Crippen LogP contribution in [0.25, 0.3) is 16.9 Å². The van der Waals surface area contributed by atoms with Crippen molar-refractivity contribution in [1.82, 2.24) is 9.38 Å². The Balaban J connectivity index is 2.15. The van der Waals surface area contributed by atoms with Crippen molar-refractivity contribution in [2.45, 2.75) is 19.8 Å². The lowest BCUT2D eigenvalue weighted by Gasteiger charge is -2.02. The Bertz CT molecular complexity index is 728. The maximum absolute atomic E-state index is 5.62. The molecule has 0 atom stereocenters. The number of nitrogens with two attached hydrogens (primary N) is 1. The van der Waals surface area contributed by atoms with Crippen molar-refractivity contribution >= 4 is 5.52 Å². The molecule has 0 aliphatic heterocycles. The van der Waals surface area contributed by atoms with Crippen molar-refractivity contribution in [2.75, 3.05) is 6.54 Å². The molecule has 3 heteroatoms. The fourth-order valence-corrected chi connectivity index (χ4v) is 2.54. The summed E-state index contributed by atoms with van der Waals surface area (Å²) in [5.41, 5.74) is 10.3. The van der Waals surface area contributed by atoms with E-state index in [2.05, 4.69) is 53.9 Å². The molecule has 3 aromatic rings. The number of pyridine rings is 1. The van der Waals surface area contributed by atoms with Gasteiger partial charge in [-0.25, -0.2) is 4.98 Å². The molecule has 0 bridgehead atoms. The van der Waals surface area contributed by atoms with Crippen LogP contribution in [0.3, 0.4) is 0 Å². The number of fused-ring (bicyclic) bond motifs is 1. The minimum Gasteiger partial charge on any atom is -0.330 e. The molecule has 2 aromatic heterocycles. The number of hydrogen-bond acceptors (Lipinski definition) is 2. The Morgan fingerprint density at radius 3 is 2.85 bits per heavy atom. The summed E-state index contributed by atoms with van der Waals surface area (Å²) in [6, 6.07) is 14.7. The first-order valence-corrected chi connectivity index (χ1v) is 7.02. The van der Waals surface area contributed by atoms with E-state index in [-0.39, 0.29) is 0 Å². The van der Waals surface area contributed by atoms with Gasteiger partial charge >= 0.3 is 0 Å². The molecule has 0 saturated carbocycles. The Morgan fingerprint density at radius 1 is 1.15 bits per heavy atom. The number of aryl methyl sites for hydroxylation is 2. The van der Waals surface area contributed by atoms with Crippen LogP contribution in [0.4, 0.5) is 0 Å². The first-order chi connectivity index (χ1) is 9.79. The van der Waals surface area contributed by atoms with E-state index in [4.69, 9.17) is 10.7 Å². The van der Waals surface area contributed by atoms with Crippen LogP contribution >= 0.6 is 0 Å². The smallest absolute Gasteiger partial charge is 0.144 e. The molecule has 0 aliphatic carbocycles. The van der Waals surface area contributed by atoms with Gasteiger partial charge in [0.1, 0.15) is 5.82 Å². The van der Waals surface area contributed by atoms with Crippen molar-refractivity contribution in [3.05, 3.63) is 59.9 Å². The second-order valence-corrected chi connectivity index (χ2v) is 5.10. The Morgan fingerprint density at radius 2 is 2.05 bits per heavy atom. The summed E-state index contributed by atoms with van der Waals surface area (Å²) < 4.78 is 2.17. The fraction of sp³-hybridized carbons (Fsp3) is 0.235. The number of benzene rings is 1. The van der Waals surface area contributed by atoms with Crippen molar-refractivity contribution in [3.8, 4) is 11.4 Å². The highest BCUT2D eigenvalue weighted by atomic mass is 15.0. The maximum atomic E-state index is 5.62. The molecule has 0 aliphatic rings. The topological polar surface area (TPSA) is 43.3 Å². The number of aromatic nitrogens is 2. The minimum atomic E-state index is 0.700. The van der Waals surface area contributed by atoms with Gasteiger partial charge in [-0.15, -0.1) is 0 Å². The standard InChI is InChI=1S/C17H19N3/c1-13-6-4-7-14(12-13)17-19-15(8-5-10-18)16-9-2-3-11-20(16)17/h2-4,6-7,9,11-12H,5,8,10,18H2,1H3. The van der Waals surface area contributed by atoms with E-state index in [1.54, 1.807) is 0 Å². The van der Waals surface area contributed by atoms with Gasteiger partial charge in [0.05, 0.1) is 11.2 Å². The molecule has 2 heterocycles. The van der Waals surface area contributed by atoms with Gasteiger partial charge in [0, 0.05) is 11.8 Å². The van der Waals surface area contributed by atoms with Crippen LogP contribution in [0.5, 0.6) is 0 Å². The second-order valence-electron chi connectivity index (χ2n) is 5.10. The van der Waals surface area contributed by atoms with Gasteiger partial charge in [-0.1, -0.05) is 29.8 Å². The van der Waals surface area contributed by atoms with Gasteiger partial charge in [0.15, 0.2) is 0 Å². The molecule has 3 rings (SSSR count). The largest absolute Gasteiger partial charge is 0.330 e. The highest BCUT2D eigenvalue weighted by Gasteiger charge is 2.11. The third-order valence-electron chi connectivity index (χ3n) is 3.52. The van der Waals surface area contributed by atoms with Gasteiger partial charge < -0.3 is 5.73 Å². The highest BCUT2D eigenvalue weighted by Crippen LogP contribution is 2.24. The molecular formula is C17H19N3. The SMILES string of the molecule is Cc1cccc(-c2nc(CCCN)c3ccccn23)c1. The van der Waals surface area contributed by atoms with Crippen LogP contribution in [-0.4, -0.2) is 15.9 Å². The summed E-state index contributed by atoms with van der Waals surface area (Å²) in [4.78, 5) is 4.85. The molecule has 1 aromatic carbocycles. The number of rotatable bonds is 4. The fourth-order valence-electron chi connectivity index (χ4n) is 2.54. The van der Waals surface area contributed by atoms with Crippen LogP contribution in [0, 0.1) is 6.92 Å². The number of nitrogens with zero attached hydrogens (tertiary/aromatic N) is 2. The molecule has 0 unspecified atom stereocenters. The van der Waals surface area contributed by atoms with Crippen LogP contribution in [0.15, 0.2) is 48.7 Å². The predicted octanol–water partition coefficient (Wildman–Crippen LogP) is 3.20. The molecule has 0 fully saturated rings. The summed E-state index contributed by atoms with van der Waals surface area (Å²) in [7, 11) is 0. The van der Waals surface area contributed by atoms with Crippen molar-refractivity contribution in [3.63, 3.8) is 0 Å². The molecular weight excluding hydrogens is 246 g/mol. The molecule has 0 spiro atoms. The van der Waals surface area contributed by atoms with E-state index in [0.29, 0.717) is 6.54 Å². The number of hydrogen-bond donors (Lipinski definition) is 1. The normalized spacial score (nSPS) is 11.1.